The molecule has 2 aliphatic rings. The van der Waals surface area contributed by atoms with Crippen LogP contribution < -0.4 is 0 Å². The number of allylic oxidation sites excluding steroid dienone is 6. The first-order chi connectivity index (χ1) is 4.38. The maximum atomic E-state index is 3.44. The van der Waals surface area contributed by atoms with Crippen molar-refractivity contribution in [3.05, 3.63) is 32.9 Å². The molecule has 0 aromatic heterocycles. The summed E-state index contributed by atoms with van der Waals surface area (Å²) in [6, 6.07) is 0. The van der Waals surface area contributed by atoms with Crippen LogP contribution in [0.4, 0.5) is 0 Å². The second-order valence-electron chi connectivity index (χ2n) is 2.16. The van der Waals surface area contributed by atoms with Crippen molar-refractivity contribution in [1.82, 2.24) is 0 Å². The molecule has 0 aromatic rings. The fourth-order valence-electron chi connectivity index (χ4n) is 1.04. The molecule has 2 rings (SSSR count). The van der Waals surface area contributed by atoms with E-state index in [0.717, 1.165) is 0 Å². The van der Waals surface area contributed by atoms with Gasteiger partial charge in [-0.05, 0) is 0 Å². The van der Waals surface area contributed by atoms with Crippen molar-refractivity contribution >= 4 is 25.1 Å². The molecular formula is C8H6Sb. The van der Waals surface area contributed by atoms with E-state index in [-0.39, 0.29) is 21.1 Å². The molecule has 0 fully saturated rings. The Morgan fingerprint density at radius 2 is 2.44 bits per heavy atom. The number of hydrogen-bond donors (Lipinski definition) is 0. The van der Waals surface area contributed by atoms with Gasteiger partial charge in [-0.2, -0.15) is 0 Å². The average molecular weight is 224 g/mol. The molecule has 0 saturated heterocycles. The standard InChI is InChI=1S/C8H6.Sb/c1-3-8-6-4-5-7(8)2;/h4-6H,1H3;. The molecule has 0 aromatic carbocycles. The molecule has 0 saturated carbocycles. The van der Waals surface area contributed by atoms with Crippen molar-refractivity contribution in [3.63, 3.8) is 0 Å². The van der Waals surface area contributed by atoms with Gasteiger partial charge in [-0.3, -0.25) is 0 Å². The van der Waals surface area contributed by atoms with Crippen molar-refractivity contribution in [2.75, 3.05) is 0 Å². The first kappa shape index (κ1) is 5.67. The van der Waals surface area contributed by atoms with E-state index >= 15 is 0 Å². The van der Waals surface area contributed by atoms with Crippen molar-refractivity contribution < 1.29 is 0 Å². The van der Waals surface area contributed by atoms with Gasteiger partial charge in [0.15, 0.2) is 0 Å². The third kappa shape index (κ3) is 0.772. The summed E-state index contributed by atoms with van der Waals surface area (Å²) < 4.78 is 5.05. The first-order valence-electron chi connectivity index (χ1n) is 2.94. The van der Waals surface area contributed by atoms with Crippen molar-refractivity contribution in [2.45, 2.75) is 6.92 Å². The van der Waals surface area contributed by atoms with Crippen LogP contribution in [0.2, 0.25) is 0 Å². The van der Waals surface area contributed by atoms with Crippen LogP contribution in [0.1, 0.15) is 6.92 Å². The van der Waals surface area contributed by atoms with Gasteiger partial charge in [-0.25, -0.2) is 0 Å². The van der Waals surface area contributed by atoms with E-state index in [1.165, 1.54) is 11.1 Å². The third-order valence-corrected chi connectivity index (χ3v) is 4.20. The Kier molecular flexibility index (Phi) is 1.23. The zero-order valence-corrected chi connectivity index (χ0v) is 7.73. The van der Waals surface area contributed by atoms with E-state index < -0.39 is 0 Å². The second kappa shape index (κ2) is 1.95. The first-order valence-corrected chi connectivity index (χ1v) is 5.49. The minimum atomic E-state index is -0.166. The molecule has 1 radical (unpaired) electrons. The zero-order valence-electron chi connectivity index (χ0n) is 5.18. The molecule has 9 heavy (non-hydrogen) atoms. The molecule has 0 bridgehead atoms. The maximum absolute atomic E-state index is 3.44. The molecule has 0 atom stereocenters. The van der Waals surface area contributed by atoms with Crippen LogP contribution >= 0.6 is 0 Å². The molecule has 1 aliphatic carbocycles. The Morgan fingerprint density at radius 1 is 1.56 bits per heavy atom. The average Bonchev–Trinajstić information content (AvgIpc) is 2.35. The summed E-state index contributed by atoms with van der Waals surface area (Å²) >= 11 is -0.166. The van der Waals surface area contributed by atoms with Crippen LogP contribution in [0.15, 0.2) is 32.9 Å². The summed E-state index contributed by atoms with van der Waals surface area (Å²) in [5, 5.41) is 0. The fraction of sp³-hybridized carbons (Fsp3) is 0.125. The topological polar surface area (TPSA) is 0 Å². The predicted molar refractivity (Wildman–Crippen MR) is 40.7 cm³/mol. The molecule has 0 N–H and O–H groups in total. The third-order valence-electron chi connectivity index (χ3n) is 1.55. The van der Waals surface area contributed by atoms with Gasteiger partial charge in [0.2, 0.25) is 0 Å². The van der Waals surface area contributed by atoms with E-state index in [1.807, 2.05) is 0 Å². The zero-order chi connectivity index (χ0) is 6.27. The van der Waals surface area contributed by atoms with Gasteiger partial charge in [0.05, 0.1) is 0 Å². The summed E-state index contributed by atoms with van der Waals surface area (Å²) in [6.07, 6.45) is 6.46. The Labute approximate surface area is 65.0 Å². The van der Waals surface area contributed by atoms with Crippen LogP contribution in [0.25, 0.3) is 0 Å². The summed E-state index contributed by atoms with van der Waals surface area (Å²) in [5.41, 5.74) is 2.83. The summed E-state index contributed by atoms with van der Waals surface area (Å²) in [4.78, 5) is 0. The van der Waals surface area contributed by atoms with Crippen LogP contribution in [0, 0.1) is 0 Å². The van der Waals surface area contributed by atoms with Crippen molar-refractivity contribution in [1.29, 1.82) is 0 Å². The van der Waals surface area contributed by atoms with Crippen molar-refractivity contribution in [3.8, 4) is 0 Å². The van der Waals surface area contributed by atoms with E-state index in [2.05, 4.69) is 29.1 Å². The summed E-state index contributed by atoms with van der Waals surface area (Å²) in [5.74, 6) is 0. The molecule has 1 heterocycles. The van der Waals surface area contributed by atoms with Crippen LogP contribution in [0.3, 0.4) is 0 Å². The SMILES string of the molecule is C[C]1=C2C=CC=C2[C]=[Sb]1. The van der Waals surface area contributed by atoms with Gasteiger partial charge in [-0.1, -0.05) is 0 Å². The summed E-state index contributed by atoms with van der Waals surface area (Å²) in [6.45, 7) is 2.23. The van der Waals surface area contributed by atoms with Gasteiger partial charge >= 0.3 is 64.9 Å². The molecule has 0 unspecified atom stereocenters. The molecule has 0 nitrogen and oxygen atoms in total. The van der Waals surface area contributed by atoms with Gasteiger partial charge in [0.1, 0.15) is 0 Å². The summed E-state index contributed by atoms with van der Waals surface area (Å²) in [7, 11) is 0. The van der Waals surface area contributed by atoms with E-state index in [0.29, 0.717) is 0 Å². The fourth-order valence-corrected chi connectivity index (χ4v) is 3.32. The Bertz CT molecular complexity index is 264. The van der Waals surface area contributed by atoms with Gasteiger partial charge in [-0.15, -0.1) is 0 Å². The Morgan fingerprint density at radius 3 is 3.22 bits per heavy atom. The number of rotatable bonds is 0. The Hall–Kier alpha value is -0.0918. The Balaban J connectivity index is 2.62. The molecular weight excluding hydrogens is 218 g/mol. The van der Waals surface area contributed by atoms with Crippen LogP contribution in [-0.2, 0) is 0 Å². The second-order valence-corrected chi connectivity index (χ2v) is 5.35. The van der Waals surface area contributed by atoms with E-state index in [4.69, 9.17) is 0 Å². The van der Waals surface area contributed by atoms with Gasteiger partial charge in [0.25, 0.3) is 0 Å². The predicted octanol–water partition coefficient (Wildman–Crippen LogP) is 1.15. The van der Waals surface area contributed by atoms with Crippen molar-refractivity contribution in [2.24, 2.45) is 0 Å². The van der Waals surface area contributed by atoms with E-state index in [1.54, 1.807) is 3.52 Å². The number of hydrogen-bond acceptors (Lipinski definition) is 0. The van der Waals surface area contributed by atoms with Gasteiger partial charge in [0, 0.05) is 0 Å². The normalized spacial score (nSPS) is 21.2. The molecule has 1 heteroatoms. The molecule has 0 spiro atoms. The molecule has 0 amide bonds. The molecule has 1 aliphatic heterocycles. The van der Waals surface area contributed by atoms with Crippen LogP contribution in [-0.4, -0.2) is 25.1 Å². The van der Waals surface area contributed by atoms with Gasteiger partial charge < -0.3 is 0 Å². The minimum absolute atomic E-state index is 0.166. The quantitative estimate of drug-likeness (QED) is 0.541. The number of fused-ring (bicyclic) bond motifs is 1. The molecule has 43 valence electrons. The van der Waals surface area contributed by atoms with Crippen LogP contribution in [0.5, 0.6) is 0 Å². The monoisotopic (exact) mass is 223 g/mol. The van der Waals surface area contributed by atoms with E-state index in [9.17, 15) is 0 Å².